The Morgan fingerprint density at radius 2 is 2.03 bits per heavy atom. The van der Waals surface area contributed by atoms with Gasteiger partial charge in [-0.15, -0.1) is 21.5 Å². The Kier molecular flexibility index (Phi) is 7.86. The predicted octanol–water partition coefficient (Wildman–Crippen LogP) is 4.28. The Bertz CT molecular complexity index is 1170. The summed E-state index contributed by atoms with van der Waals surface area (Å²) in [7, 11) is 0. The van der Waals surface area contributed by atoms with Crippen LogP contribution < -0.4 is 10.1 Å². The zero-order valence-corrected chi connectivity index (χ0v) is 19.3. The van der Waals surface area contributed by atoms with Gasteiger partial charge in [-0.05, 0) is 38.5 Å². The second kappa shape index (κ2) is 10.8. The van der Waals surface area contributed by atoms with Gasteiger partial charge in [0.05, 0.1) is 30.1 Å². The Labute approximate surface area is 192 Å². The molecule has 3 rings (SSSR count). The average molecular weight is 473 g/mol. The summed E-state index contributed by atoms with van der Waals surface area (Å²) in [5, 5.41) is 20.6. The standard InChI is InChI=1S/C21H20N4O5S2/c1-4-28-15-9-7-6-8-13(15)18-24-25-21(30-18)31-11-16(26)23-19-14(10-22)12(3)17(32-19)20(27)29-5-2/h6-9H,4-5,11H2,1-3H3,(H,23,26). The van der Waals surface area contributed by atoms with Crippen LogP contribution in [0, 0.1) is 18.3 Å². The number of thiophene rings is 1. The number of amides is 1. The van der Waals surface area contributed by atoms with Crippen molar-refractivity contribution < 1.29 is 23.5 Å². The minimum atomic E-state index is -0.521. The maximum atomic E-state index is 12.4. The molecule has 2 heterocycles. The van der Waals surface area contributed by atoms with E-state index < -0.39 is 5.97 Å². The van der Waals surface area contributed by atoms with Crippen LogP contribution in [0.25, 0.3) is 11.5 Å². The largest absolute Gasteiger partial charge is 0.493 e. The Hall–Kier alpha value is -3.36. The van der Waals surface area contributed by atoms with Gasteiger partial charge < -0.3 is 19.2 Å². The zero-order valence-electron chi connectivity index (χ0n) is 17.6. The fraction of sp³-hybridized carbons (Fsp3) is 0.286. The van der Waals surface area contributed by atoms with Gasteiger partial charge in [0.15, 0.2) is 0 Å². The lowest BCUT2D eigenvalue weighted by atomic mass is 10.2. The van der Waals surface area contributed by atoms with Crippen LogP contribution in [0.4, 0.5) is 5.00 Å². The van der Waals surface area contributed by atoms with Gasteiger partial charge in [0, 0.05) is 0 Å². The lowest BCUT2D eigenvalue weighted by Crippen LogP contribution is -2.13. The molecule has 11 heteroatoms. The maximum Gasteiger partial charge on any atom is 0.348 e. The van der Waals surface area contributed by atoms with Crippen molar-refractivity contribution in [3.63, 3.8) is 0 Å². The van der Waals surface area contributed by atoms with Crippen molar-refractivity contribution in [2.45, 2.75) is 26.0 Å². The van der Waals surface area contributed by atoms with Crippen LogP contribution in [0.2, 0.25) is 0 Å². The molecule has 9 nitrogen and oxygen atoms in total. The summed E-state index contributed by atoms with van der Waals surface area (Å²) < 4.78 is 16.2. The molecule has 0 aliphatic heterocycles. The van der Waals surface area contributed by atoms with Gasteiger partial charge in [0.1, 0.15) is 21.7 Å². The molecule has 0 aliphatic rings. The van der Waals surface area contributed by atoms with Gasteiger partial charge in [-0.2, -0.15) is 5.26 Å². The molecule has 1 aromatic carbocycles. The first-order chi connectivity index (χ1) is 15.5. The van der Waals surface area contributed by atoms with Gasteiger partial charge in [0.2, 0.25) is 5.91 Å². The molecule has 0 aliphatic carbocycles. The number of nitrogens with one attached hydrogen (secondary N) is 1. The summed E-state index contributed by atoms with van der Waals surface area (Å²) in [6.45, 7) is 5.94. The van der Waals surface area contributed by atoms with Gasteiger partial charge in [-0.25, -0.2) is 4.79 Å². The van der Waals surface area contributed by atoms with Gasteiger partial charge in [-0.3, -0.25) is 4.79 Å². The number of nitrogens with zero attached hydrogens (tertiary/aromatic N) is 3. The number of aromatic nitrogens is 2. The van der Waals surface area contributed by atoms with Crippen molar-refractivity contribution in [1.82, 2.24) is 10.2 Å². The Morgan fingerprint density at radius 1 is 1.25 bits per heavy atom. The molecule has 0 saturated heterocycles. The quantitative estimate of drug-likeness (QED) is 0.358. The summed E-state index contributed by atoms with van der Waals surface area (Å²) in [5.41, 5.74) is 1.38. The second-order valence-electron chi connectivity index (χ2n) is 6.23. The molecule has 0 atom stereocenters. The van der Waals surface area contributed by atoms with E-state index in [0.717, 1.165) is 23.1 Å². The van der Waals surface area contributed by atoms with Crippen LogP contribution in [0.1, 0.15) is 34.6 Å². The Morgan fingerprint density at radius 3 is 2.75 bits per heavy atom. The number of benzene rings is 1. The molecule has 0 saturated carbocycles. The van der Waals surface area contributed by atoms with Gasteiger partial charge in [0.25, 0.3) is 11.1 Å². The van der Waals surface area contributed by atoms with E-state index in [0.29, 0.717) is 33.4 Å². The summed E-state index contributed by atoms with van der Waals surface area (Å²) >= 11 is 2.07. The molecule has 0 fully saturated rings. The SMILES string of the molecule is CCOC(=O)c1sc(NC(=O)CSc2nnc(-c3ccccc3OCC)o2)c(C#N)c1C. The van der Waals surface area contributed by atoms with Gasteiger partial charge in [-0.1, -0.05) is 23.9 Å². The van der Waals surface area contributed by atoms with E-state index in [1.807, 2.05) is 37.3 Å². The summed E-state index contributed by atoms with van der Waals surface area (Å²) in [4.78, 5) is 24.8. The number of thioether (sulfide) groups is 1. The minimum absolute atomic E-state index is 0.0225. The number of esters is 1. The number of carbonyl (C=O) groups excluding carboxylic acids is 2. The molecule has 0 bridgehead atoms. The first-order valence-electron chi connectivity index (χ1n) is 9.67. The highest BCUT2D eigenvalue weighted by Gasteiger charge is 2.22. The fourth-order valence-corrected chi connectivity index (χ4v) is 4.35. The highest BCUT2D eigenvalue weighted by molar-refractivity contribution is 7.99. The average Bonchev–Trinajstić information content (AvgIpc) is 3.37. The lowest BCUT2D eigenvalue weighted by Gasteiger charge is -2.06. The van der Waals surface area contributed by atoms with Crippen LogP contribution in [0.3, 0.4) is 0 Å². The summed E-state index contributed by atoms with van der Waals surface area (Å²) in [6, 6.07) is 9.33. The third-order valence-electron chi connectivity index (χ3n) is 4.12. The first-order valence-corrected chi connectivity index (χ1v) is 11.5. The highest BCUT2D eigenvalue weighted by Crippen LogP contribution is 2.34. The second-order valence-corrected chi connectivity index (χ2v) is 8.18. The van der Waals surface area contributed by atoms with Crippen LogP contribution >= 0.6 is 23.1 Å². The van der Waals surface area contributed by atoms with Crippen molar-refractivity contribution >= 4 is 40.0 Å². The van der Waals surface area contributed by atoms with E-state index in [1.165, 1.54) is 0 Å². The van der Waals surface area contributed by atoms with E-state index in [-0.39, 0.29) is 34.9 Å². The predicted molar refractivity (Wildman–Crippen MR) is 120 cm³/mol. The minimum Gasteiger partial charge on any atom is -0.493 e. The number of rotatable bonds is 9. The fourth-order valence-electron chi connectivity index (χ4n) is 2.72. The number of hydrogen-bond acceptors (Lipinski definition) is 10. The zero-order chi connectivity index (χ0) is 23.1. The number of ether oxygens (including phenoxy) is 2. The molecule has 1 amide bonds. The van der Waals surface area contributed by atoms with Crippen molar-refractivity contribution in [3.8, 4) is 23.3 Å². The van der Waals surface area contributed by atoms with E-state index in [4.69, 9.17) is 13.9 Å². The van der Waals surface area contributed by atoms with Crippen molar-refractivity contribution in [2.24, 2.45) is 0 Å². The van der Waals surface area contributed by atoms with Crippen LogP contribution in [-0.2, 0) is 9.53 Å². The molecule has 0 unspecified atom stereocenters. The lowest BCUT2D eigenvalue weighted by molar-refractivity contribution is -0.113. The third-order valence-corrected chi connectivity index (χ3v) is 6.13. The van der Waals surface area contributed by atoms with E-state index in [2.05, 4.69) is 15.5 Å². The smallest absolute Gasteiger partial charge is 0.348 e. The van der Waals surface area contributed by atoms with E-state index in [9.17, 15) is 14.9 Å². The molecule has 3 aromatic rings. The number of para-hydroxylation sites is 1. The number of hydrogen-bond donors (Lipinski definition) is 1. The van der Waals surface area contributed by atoms with Crippen LogP contribution in [-0.4, -0.2) is 41.0 Å². The first kappa shape index (κ1) is 23.3. The molecular formula is C21H20N4O5S2. The third kappa shape index (κ3) is 5.27. The summed E-state index contributed by atoms with van der Waals surface area (Å²) in [6.07, 6.45) is 0. The molecule has 1 N–H and O–H groups in total. The van der Waals surface area contributed by atoms with Crippen LogP contribution in [0.5, 0.6) is 5.75 Å². The van der Waals surface area contributed by atoms with Gasteiger partial charge >= 0.3 is 5.97 Å². The monoisotopic (exact) mass is 472 g/mol. The maximum absolute atomic E-state index is 12.4. The molecule has 32 heavy (non-hydrogen) atoms. The molecule has 0 spiro atoms. The van der Waals surface area contributed by atoms with Crippen LogP contribution in [0.15, 0.2) is 33.9 Å². The molecule has 0 radical (unpaired) electrons. The van der Waals surface area contributed by atoms with Crippen molar-refractivity contribution in [2.75, 3.05) is 24.3 Å². The normalized spacial score (nSPS) is 10.4. The van der Waals surface area contributed by atoms with E-state index in [1.54, 1.807) is 13.8 Å². The van der Waals surface area contributed by atoms with Crippen molar-refractivity contribution in [3.05, 3.63) is 40.3 Å². The topological polar surface area (TPSA) is 127 Å². The molecule has 166 valence electrons. The Balaban J connectivity index is 1.66. The highest BCUT2D eigenvalue weighted by atomic mass is 32.2. The van der Waals surface area contributed by atoms with E-state index >= 15 is 0 Å². The number of anilines is 1. The molecule has 2 aromatic heterocycles. The van der Waals surface area contributed by atoms with Crippen molar-refractivity contribution in [1.29, 1.82) is 5.26 Å². The summed E-state index contributed by atoms with van der Waals surface area (Å²) in [5.74, 6) is -0.00507. The number of nitriles is 1. The molecular weight excluding hydrogens is 452 g/mol. The number of carbonyl (C=O) groups is 2.